The molecular formula is C20H21F5N4O2. The number of aromatic nitrogens is 1. The van der Waals surface area contributed by atoms with Gasteiger partial charge >= 0.3 is 12.1 Å². The number of carbonyl (C=O) groups excluding carboxylic acids is 1. The summed E-state index contributed by atoms with van der Waals surface area (Å²) in [5, 5.41) is 12.0. The number of hydrogen-bond donors (Lipinski definition) is 3. The third kappa shape index (κ3) is 5.28. The third-order valence-corrected chi connectivity index (χ3v) is 4.44. The monoisotopic (exact) mass is 444 g/mol. The second-order valence-corrected chi connectivity index (χ2v) is 6.42. The summed E-state index contributed by atoms with van der Waals surface area (Å²) in [5.41, 5.74) is 5.26. The lowest BCUT2D eigenvalue weighted by atomic mass is 10.1. The number of anilines is 1. The van der Waals surface area contributed by atoms with E-state index in [4.69, 9.17) is 5.73 Å². The van der Waals surface area contributed by atoms with Crippen molar-refractivity contribution >= 4 is 17.9 Å². The van der Waals surface area contributed by atoms with Crippen LogP contribution in [-0.4, -0.2) is 41.2 Å². The van der Waals surface area contributed by atoms with Crippen LogP contribution in [0.5, 0.6) is 5.75 Å². The number of nitrogens with two attached hydrogens (primary N) is 1. The van der Waals surface area contributed by atoms with Crippen LogP contribution in [0.3, 0.4) is 0 Å². The molecule has 0 bridgehead atoms. The summed E-state index contributed by atoms with van der Waals surface area (Å²) in [6, 6.07) is 5.29. The Bertz CT molecular complexity index is 977. The highest BCUT2D eigenvalue weighted by Crippen LogP contribution is 2.36. The van der Waals surface area contributed by atoms with Crippen molar-refractivity contribution in [3.8, 4) is 17.0 Å². The highest BCUT2D eigenvalue weighted by Gasteiger charge is 2.51. The molecule has 4 N–H and O–H groups in total. The molecule has 1 aromatic carbocycles. The standard InChI is InChI=1S/C18H15F5N4O2.C2H6/c19-17(20)11(8-26-16(17)29)7-25-6-9-1-4-13(27-15(9)24)12-3-2-10(5-14(12)28)18(21,22)23;1-2/h1-6,11,28H,7-8H2,(H2,24,27)(H,26,29);1-2H3. The van der Waals surface area contributed by atoms with Crippen molar-refractivity contribution in [2.75, 3.05) is 18.8 Å². The summed E-state index contributed by atoms with van der Waals surface area (Å²) in [6.45, 7) is 3.50. The number of aromatic hydroxyl groups is 1. The van der Waals surface area contributed by atoms with Gasteiger partial charge in [-0.3, -0.25) is 9.79 Å². The molecule has 0 aliphatic carbocycles. The molecule has 1 amide bonds. The number of phenols is 1. The van der Waals surface area contributed by atoms with Gasteiger partial charge in [-0.25, -0.2) is 4.98 Å². The second-order valence-electron chi connectivity index (χ2n) is 6.42. The van der Waals surface area contributed by atoms with Crippen LogP contribution >= 0.6 is 0 Å². The number of nitrogen functional groups attached to an aromatic ring is 1. The fourth-order valence-electron chi connectivity index (χ4n) is 2.77. The summed E-state index contributed by atoms with van der Waals surface area (Å²) in [6.07, 6.45) is -3.38. The van der Waals surface area contributed by atoms with E-state index in [0.717, 1.165) is 12.1 Å². The molecule has 1 aliphatic heterocycles. The van der Waals surface area contributed by atoms with Crippen LogP contribution in [-0.2, 0) is 11.0 Å². The summed E-state index contributed by atoms with van der Waals surface area (Å²) < 4.78 is 65.2. The molecule has 1 fully saturated rings. The molecule has 0 spiro atoms. The van der Waals surface area contributed by atoms with E-state index in [9.17, 15) is 31.9 Å². The normalized spacial score (nSPS) is 17.9. The van der Waals surface area contributed by atoms with Crippen molar-refractivity contribution in [2.24, 2.45) is 10.9 Å². The number of hydrogen-bond acceptors (Lipinski definition) is 5. The molecule has 2 aromatic rings. The number of aliphatic imine (C=N–C) groups is 1. The predicted molar refractivity (Wildman–Crippen MR) is 106 cm³/mol. The first kappa shape index (κ1) is 24.0. The van der Waals surface area contributed by atoms with Gasteiger partial charge in [0.25, 0.3) is 5.91 Å². The topological polar surface area (TPSA) is 101 Å². The molecule has 0 radical (unpaired) electrons. The largest absolute Gasteiger partial charge is 0.507 e. The zero-order valence-corrected chi connectivity index (χ0v) is 16.7. The molecule has 2 heterocycles. The predicted octanol–water partition coefficient (Wildman–Crippen LogP) is 3.88. The average Bonchev–Trinajstić information content (AvgIpc) is 2.96. The number of alkyl halides is 5. The molecule has 0 saturated carbocycles. The van der Waals surface area contributed by atoms with Gasteiger partial charge in [0.2, 0.25) is 0 Å². The lowest BCUT2D eigenvalue weighted by Crippen LogP contribution is -2.34. The maximum absolute atomic E-state index is 13.6. The van der Waals surface area contributed by atoms with E-state index in [1.807, 2.05) is 13.8 Å². The Balaban J connectivity index is 0.00000166. The number of amides is 1. The van der Waals surface area contributed by atoms with Crippen LogP contribution in [0.15, 0.2) is 35.3 Å². The first-order valence-corrected chi connectivity index (χ1v) is 9.33. The molecule has 1 aromatic heterocycles. The van der Waals surface area contributed by atoms with Crippen molar-refractivity contribution < 1.29 is 31.9 Å². The van der Waals surface area contributed by atoms with Crippen LogP contribution in [0.1, 0.15) is 25.0 Å². The van der Waals surface area contributed by atoms with Crippen LogP contribution < -0.4 is 11.1 Å². The van der Waals surface area contributed by atoms with Crippen LogP contribution in [0.2, 0.25) is 0 Å². The summed E-state index contributed by atoms with van der Waals surface area (Å²) in [4.78, 5) is 18.9. The van der Waals surface area contributed by atoms with Crippen molar-refractivity contribution in [1.82, 2.24) is 10.3 Å². The smallest absolute Gasteiger partial charge is 0.416 e. The van der Waals surface area contributed by atoms with E-state index >= 15 is 0 Å². The van der Waals surface area contributed by atoms with Crippen LogP contribution in [0.25, 0.3) is 11.3 Å². The van der Waals surface area contributed by atoms with Crippen molar-refractivity contribution in [2.45, 2.75) is 25.9 Å². The minimum Gasteiger partial charge on any atom is -0.507 e. The van der Waals surface area contributed by atoms with Gasteiger partial charge in [-0.15, -0.1) is 0 Å². The Morgan fingerprint density at radius 2 is 1.97 bits per heavy atom. The van der Waals surface area contributed by atoms with Crippen molar-refractivity contribution in [1.29, 1.82) is 0 Å². The van der Waals surface area contributed by atoms with Gasteiger partial charge in [-0.2, -0.15) is 22.0 Å². The first-order chi connectivity index (χ1) is 14.5. The maximum atomic E-state index is 13.6. The number of nitrogens with zero attached hydrogens (tertiary/aromatic N) is 2. The molecule has 1 unspecified atom stereocenters. The third-order valence-electron chi connectivity index (χ3n) is 4.44. The second kappa shape index (κ2) is 9.27. The van der Waals surface area contributed by atoms with E-state index < -0.39 is 35.2 Å². The Morgan fingerprint density at radius 1 is 1.29 bits per heavy atom. The fraction of sp³-hybridized carbons (Fsp3) is 0.350. The molecule has 6 nitrogen and oxygen atoms in total. The molecule has 3 rings (SSSR count). The molecule has 1 aliphatic rings. The van der Waals surface area contributed by atoms with E-state index in [2.05, 4.69) is 15.3 Å². The van der Waals surface area contributed by atoms with Gasteiger partial charge in [0.1, 0.15) is 11.6 Å². The minimum atomic E-state index is -4.60. The summed E-state index contributed by atoms with van der Waals surface area (Å²) >= 11 is 0. The SMILES string of the molecule is CC.Nc1nc(-c2ccc(C(F)(F)F)cc2O)ccc1C=NCC1CNC(=O)C1(F)F. The van der Waals surface area contributed by atoms with Crippen molar-refractivity contribution in [3.05, 3.63) is 41.5 Å². The number of benzene rings is 1. The van der Waals surface area contributed by atoms with E-state index in [1.54, 1.807) is 0 Å². The zero-order valence-electron chi connectivity index (χ0n) is 16.7. The zero-order chi connectivity index (χ0) is 23.4. The fourth-order valence-corrected chi connectivity index (χ4v) is 2.77. The van der Waals surface area contributed by atoms with Crippen LogP contribution in [0.4, 0.5) is 27.8 Å². The maximum Gasteiger partial charge on any atom is 0.416 e. The van der Waals surface area contributed by atoms with E-state index in [-0.39, 0.29) is 30.2 Å². The number of pyridine rings is 1. The number of phenolic OH excluding ortho intramolecular Hbond substituents is 1. The molecule has 31 heavy (non-hydrogen) atoms. The van der Waals surface area contributed by atoms with E-state index in [1.165, 1.54) is 18.3 Å². The Morgan fingerprint density at radius 3 is 2.48 bits per heavy atom. The van der Waals surface area contributed by atoms with Gasteiger partial charge in [-0.05, 0) is 30.3 Å². The lowest BCUT2D eigenvalue weighted by molar-refractivity contribution is -0.144. The quantitative estimate of drug-likeness (QED) is 0.492. The Kier molecular flexibility index (Phi) is 7.19. The van der Waals surface area contributed by atoms with E-state index in [0.29, 0.717) is 11.6 Å². The van der Waals surface area contributed by atoms with Gasteiger partial charge in [-0.1, -0.05) is 13.8 Å². The van der Waals surface area contributed by atoms with Gasteiger partial charge < -0.3 is 16.2 Å². The molecule has 168 valence electrons. The number of carbonyl (C=O) groups is 1. The Hall–Kier alpha value is -3.24. The highest BCUT2D eigenvalue weighted by atomic mass is 19.4. The van der Waals surface area contributed by atoms with Gasteiger partial charge in [0.05, 0.1) is 17.2 Å². The molecular weight excluding hydrogens is 423 g/mol. The minimum absolute atomic E-state index is 0.0448. The highest BCUT2D eigenvalue weighted by molar-refractivity contribution is 5.87. The molecule has 1 atom stereocenters. The first-order valence-electron chi connectivity index (χ1n) is 9.33. The molecule has 1 saturated heterocycles. The van der Waals surface area contributed by atoms with Gasteiger partial charge in [0, 0.05) is 30.4 Å². The lowest BCUT2D eigenvalue weighted by Gasteiger charge is -2.13. The number of nitrogens with one attached hydrogen (secondary N) is 1. The number of halogens is 5. The van der Waals surface area contributed by atoms with Crippen molar-refractivity contribution in [3.63, 3.8) is 0 Å². The Labute approximate surface area is 175 Å². The summed E-state index contributed by atoms with van der Waals surface area (Å²) in [5.74, 6) is -6.78. The summed E-state index contributed by atoms with van der Waals surface area (Å²) in [7, 11) is 0. The average molecular weight is 444 g/mol. The molecule has 11 heteroatoms. The van der Waals surface area contributed by atoms with Crippen LogP contribution in [0, 0.1) is 5.92 Å². The number of rotatable bonds is 4. The van der Waals surface area contributed by atoms with Gasteiger partial charge in [0.15, 0.2) is 0 Å².